The van der Waals surface area contributed by atoms with Crippen LogP contribution in [0.4, 0.5) is 4.79 Å². The fourth-order valence-electron chi connectivity index (χ4n) is 1.64. The summed E-state index contributed by atoms with van der Waals surface area (Å²) in [5.74, 6) is 0.685. The smallest absolute Gasteiger partial charge is 0.315 e. The quantitative estimate of drug-likeness (QED) is 0.530. The van der Waals surface area contributed by atoms with Gasteiger partial charge in [0.15, 0.2) is 6.79 Å². The lowest BCUT2D eigenvalue weighted by Gasteiger charge is -2.20. The molecule has 23 heavy (non-hydrogen) atoms. The van der Waals surface area contributed by atoms with Gasteiger partial charge < -0.3 is 24.8 Å². The number of hydrogen-bond donors (Lipinski definition) is 2. The van der Waals surface area contributed by atoms with Gasteiger partial charge in [0.05, 0.1) is 17.7 Å². The minimum absolute atomic E-state index is 0.160. The molecule has 0 aliphatic carbocycles. The van der Waals surface area contributed by atoms with E-state index in [-0.39, 0.29) is 18.4 Å². The molecule has 0 heterocycles. The molecule has 1 aromatic rings. The van der Waals surface area contributed by atoms with E-state index in [0.29, 0.717) is 25.5 Å². The second kappa shape index (κ2) is 9.75. The van der Waals surface area contributed by atoms with E-state index in [9.17, 15) is 4.79 Å². The number of carbonyl (C=O) groups excluding carboxylic acids is 1. The molecule has 0 fully saturated rings. The molecule has 130 valence electrons. The van der Waals surface area contributed by atoms with E-state index in [1.807, 2.05) is 39.0 Å². The third-order valence-corrected chi connectivity index (χ3v) is 3.29. The fourth-order valence-corrected chi connectivity index (χ4v) is 2.19. The molecule has 1 rings (SSSR count). The summed E-state index contributed by atoms with van der Waals surface area (Å²) < 4.78 is 16.4. The van der Waals surface area contributed by atoms with E-state index in [4.69, 9.17) is 14.2 Å². The first-order valence-electron chi connectivity index (χ1n) is 7.36. The lowest BCUT2D eigenvalue weighted by atomic mass is 10.1. The molecule has 0 unspecified atom stereocenters. The van der Waals surface area contributed by atoms with Crippen LogP contribution in [0, 0.1) is 0 Å². The van der Waals surface area contributed by atoms with E-state index >= 15 is 0 Å². The number of benzene rings is 1. The van der Waals surface area contributed by atoms with Crippen molar-refractivity contribution in [2.45, 2.75) is 32.9 Å². The highest BCUT2D eigenvalue weighted by molar-refractivity contribution is 9.10. The molecule has 0 saturated heterocycles. The fraction of sp³-hybridized carbons (Fsp3) is 0.562. The third kappa shape index (κ3) is 8.78. The lowest BCUT2D eigenvalue weighted by Crippen LogP contribution is -2.46. The number of nitrogens with one attached hydrogen (secondary N) is 2. The zero-order valence-electron chi connectivity index (χ0n) is 14.1. The number of methoxy groups -OCH3 is 1. The van der Waals surface area contributed by atoms with Crippen LogP contribution in [0.1, 0.15) is 26.3 Å². The van der Waals surface area contributed by atoms with E-state index in [2.05, 4.69) is 26.6 Å². The summed E-state index contributed by atoms with van der Waals surface area (Å²) in [5, 5.41) is 5.67. The van der Waals surface area contributed by atoms with Crippen LogP contribution in [0.5, 0.6) is 5.75 Å². The van der Waals surface area contributed by atoms with Crippen molar-refractivity contribution in [2.75, 3.05) is 27.1 Å². The van der Waals surface area contributed by atoms with E-state index in [1.165, 1.54) is 0 Å². The van der Waals surface area contributed by atoms with Crippen LogP contribution in [0.2, 0.25) is 0 Å². The SMILES string of the molecule is COCCOCOc1ccc(CNC(=O)NC(C)(C)C)cc1Br. The molecular formula is C16H25BrN2O4. The first-order valence-corrected chi connectivity index (χ1v) is 8.15. The molecule has 0 aromatic heterocycles. The van der Waals surface area contributed by atoms with Crippen molar-refractivity contribution in [3.63, 3.8) is 0 Å². The number of halogens is 1. The summed E-state index contributed by atoms with van der Waals surface area (Å²) in [4.78, 5) is 11.7. The molecule has 2 amide bonds. The van der Waals surface area contributed by atoms with Crippen LogP contribution < -0.4 is 15.4 Å². The van der Waals surface area contributed by atoms with E-state index in [1.54, 1.807) is 7.11 Å². The van der Waals surface area contributed by atoms with Gasteiger partial charge in [-0.3, -0.25) is 0 Å². The second-order valence-electron chi connectivity index (χ2n) is 5.99. The second-order valence-corrected chi connectivity index (χ2v) is 6.84. The van der Waals surface area contributed by atoms with Gasteiger partial charge >= 0.3 is 6.03 Å². The van der Waals surface area contributed by atoms with Crippen LogP contribution in [-0.2, 0) is 16.0 Å². The highest BCUT2D eigenvalue weighted by Crippen LogP contribution is 2.26. The molecule has 0 aliphatic heterocycles. The third-order valence-electron chi connectivity index (χ3n) is 2.67. The highest BCUT2D eigenvalue weighted by Gasteiger charge is 2.13. The summed E-state index contributed by atoms with van der Waals surface area (Å²) in [6.07, 6.45) is 0. The summed E-state index contributed by atoms with van der Waals surface area (Å²) in [6, 6.07) is 5.44. The van der Waals surface area contributed by atoms with Crippen LogP contribution in [0.3, 0.4) is 0 Å². The Hall–Kier alpha value is -1.31. The van der Waals surface area contributed by atoms with Crippen molar-refractivity contribution in [3.05, 3.63) is 28.2 Å². The Kier molecular flexibility index (Phi) is 8.36. The molecule has 0 radical (unpaired) electrons. The first kappa shape index (κ1) is 19.7. The van der Waals surface area contributed by atoms with Crippen LogP contribution in [-0.4, -0.2) is 38.7 Å². The normalized spacial score (nSPS) is 11.2. The Balaban J connectivity index is 2.42. The Morgan fingerprint density at radius 1 is 1.26 bits per heavy atom. The van der Waals surface area contributed by atoms with Gasteiger partial charge in [0.1, 0.15) is 5.75 Å². The largest absolute Gasteiger partial charge is 0.466 e. The minimum Gasteiger partial charge on any atom is -0.466 e. The van der Waals surface area contributed by atoms with Crippen LogP contribution >= 0.6 is 15.9 Å². The molecule has 2 N–H and O–H groups in total. The topological polar surface area (TPSA) is 68.8 Å². The van der Waals surface area contributed by atoms with E-state index in [0.717, 1.165) is 10.0 Å². The maximum atomic E-state index is 11.7. The molecular weight excluding hydrogens is 364 g/mol. The number of ether oxygens (including phenoxy) is 3. The Morgan fingerprint density at radius 2 is 2.00 bits per heavy atom. The highest BCUT2D eigenvalue weighted by atomic mass is 79.9. The summed E-state index contributed by atoms with van der Waals surface area (Å²) in [6.45, 7) is 7.42. The number of carbonyl (C=O) groups is 1. The van der Waals surface area contributed by atoms with Crippen molar-refractivity contribution in [1.29, 1.82) is 0 Å². The molecule has 7 heteroatoms. The Labute approximate surface area is 146 Å². The van der Waals surface area contributed by atoms with Gasteiger partial charge in [-0.25, -0.2) is 4.79 Å². The minimum atomic E-state index is -0.259. The summed E-state index contributed by atoms with van der Waals surface area (Å²) in [7, 11) is 1.62. The average molecular weight is 389 g/mol. The van der Waals surface area contributed by atoms with Crippen molar-refractivity contribution in [1.82, 2.24) is 10.6 Å². The van der Waals surface area contributed by atoms with Gasteiger partial charge in [0.25, 0.3) is 0 Å². The molecule has 0 saturated carbocycles. The molecule has 1 aromatic carbocycles. The number of urea groups is 1. The van der Waals surface area contributed by atoms with Crippen LogP contribution in [0.25, 0.3) is 0 Å². The predicted molar refractivity (Wildman–Crippen MR) is 92.6 cm³/mol. The lowest BCUT2D eigenvalue weighted by molar-refractivity contribution is -0.00880. The standard InChI is InChI=1S/C16H25BrN2O4/c1-16(2,3)19-15(20)18-10-12-5-6-14(13(17)9-12)23-11-22-8-7-21-4/h5-6,9H,7-8,10-11H2,1-4H3,(H2,18,19,20). The van der Waals surface area contributed by atoms with Crippen molar-refractivity contribution in [2.24, 2.45) is 0 Å². The summed E-state index contributed by atoms with van der Waals surface area (Å²) in [5.41, 5.74) is 0.708. The monoisotopic (exact) mass is 388 g/mol. The number of rotatable bonds is 8. The number of amides is 2. The van der Waals surface area contributed by atoms with Crippen molar-refractivity contribution in [3.8, 4) is 5.75 Å². The van der Waals surface area contributed by atoms with Gasteiger partial charge in [0, 0.05) is 19.2 Å². The van der Waals surface area contributed by atoms with E-state index < -0.39 is 0 Å². The molecule has 0 bridgehead atoms. The van der Waals surface area contributed by atoms with Gasteiger partial charge in [-0.1, -0.05) is 6.07 Å². The summed E-state index contributed by atoms with van der Waals surface area (Å²) >= 11 is 3.45. The van der Waals surface area contributed by atoms with Gasteiger partial charge in [-0.15, -0.1) is 0 Å². The molecule has 0 aliphatic rings. The zero-order chi connectivity index (χ0) is 17.3. The zero-order valence-corrected chi connectivity index (χ0v) is 15.7. The van der Waals surface area contributed by atoms with Gasteiger partial charge in [-0.05, 0) is 54.4 Å². The van der Waals surface area contributed by atoms with Crippen LogP contribution in [0.15, 0.2) is 22.7 Å². The Bertz CT molecular complexity index is 503. The first-order chi connectivity index (χ1) is 10.8. The molecule has 6 nitrogen and oxygen atoms in total. The van der Waals surface area contributed by atoms with Crippen molar-refractivity contribution < 1.29 is 19.0 Å². The maximum Gasteiger partial charge on any atom is 0.315 e. The predicted octanol–water partition coefficient (Wildman–Crippen LogP) is 3.05. The average Bonchev–Trinajstić information content (AvgIpc) is 2.45. The van der Waals surface area contributed by atoms with Gasteiger partial charge in [0.2, 0.25) is 0 Å². The molecule has 0 atom stereocenters. The van der Waals surface area contributed by atoms with Crippen molar-refractivity contribution >= 4 is 22.0 Å². The maximum absolute atomic E-state index is 11.7. The molecule has 0 spiro atoms. The Morgan fingerprint density at radius 3 is 2.61 bits per heavy atom. The van der Waals surface area contributed by atoms with Gasteiger partial charge in [-0.2, -0.15) is 0 Å². The number of hydrogen-bond acceptors (Lipinski definition) is 4.